The summed E-state index contributed by atoms with van der Waals surface area (Å²) in [6.45, 7) is 8.26. The van der Waals surface area contributed by atoms with Gasteiger partial charge in [-0.1, -0.05) is 30.3 Å². The molecular formula is C21H21F3N2O4. The van der Waals surface area contributed by atoms with Crippen molar-refractivity contribution in [2.24, 2.45) is 0 Å². The lowest BCUT2D eigenvalue weighted by Gasteiger charge is -2.21. The summed E-state index contributed by atoms with van der Waals surface area (Å²) in [5.74, 6) is -1.60. The van der Waals surface area contributed by atoms with Gasteiger partial charge in [-0.2, -0.15) is 13.2 Å². The van der Waals surface area contributed by atoms with Gasteiger partial charge in [-0.3, -0.25) is 5.32 Å². The molecule has 1 heterocycles. The number of aromatic nitrogens is 1. The number of hydrogen-bond donors (Lipinski definition) is 2. The zero-order valence-electron chi connectivity index (χ0n) is 16.6. The Kier molecular flexibility index (Phi) is 6.54. The first-order valence-corrected chi connectivity index (χ1v) is 8.88. The van der Waals surface area contributed by atoms with Crippen molar-refractivity contribution in [3.63, 3.8) is 0 Å². The molecule has 30 heavy (non-hydrogen) atoms. The van der Waals surface area contributed by atoms with Crippen LogP contribution in [0.4, 0.5) is 23.7 Å². The Hall–Kier alpha value is -3.36. The minimum Gasteiger partial charge on any atom is -0.476 e. The molecule has 0 fully saturated rings. The number of alkyl halides is 3. The number of allylic oxidation sites excluding steroid dienone is 1. The van der Waals surface area contributed by atoms with Crippen LogP contribution in [0.1, 0.15) is 42.4 Å². The summed E-state index contributed by atoms with van der Waals surface area (Å²) in [7, 11) is 0. The number of anilines is 1. The van der Waals surface area contributed by atoms with Crippen molar-refractivity contribution in [2.75, 3.05) is 5.32 Å². The molecule has 1 aromatic heterocycles. The van der Waals surface area contributed by atoms with Crippen molar-refractivity contribution >= 4 is 17.7 Å². The molecule has 9 heteroatoms. The van der Waals surface area contributed by atoms with E-state index in [1.54, 1.807) is 32.9 Å². The first-order valence-electron chi connectivity index (χ1n) is 8.88. The molecule has 0 aliphatic heterocycles. The molecule has 0 spiro atoms. The van der Waals surface area contributed by atoms with Gasteiger partial charge in [-0.15, -0.1) is 6.58 Å². The molecule has 0 aliphatic rings. The van der Waals surface area contributed by atoms with Crippen LogP contribution in [0.2, 0.25) is 0 Å². The minimum atomic E-state index is -4.86. The number of carbonyl (C=O) groups is 2. The van der Waals surface area contributed by atoms with Crippen molar-refractivity contribution < 1.29 is 32.6 Å². The standard InChI is InChI=1S/C21H21F3N2O4/c1-5-8-12-9-6-7-10-13(12)16-14(21(22,23)24)11-15(17(26-16)18(27)28)25-19(29)30-20(2,3)4/h5-7,9-11H,1,8H2,2-4H3,(H,25,29)(H,27,28). The maximum absolute atomic E-state index is 13.8. The Balaban J connectivity index is 2.71. The second-order valence-electron chi connectivity index (χ2n) is 7.36. The fraction of sp³-hybridized carbons (Fsp3) is 0.286. The quantitative estimate of drug-likeness (QED) is 0.618. The summed E-state index contributed by atoms with van der Waals surface area (Å²) in [5, 5.41) is 11.6. The number of benzene rings is 1. The first kappa shape index (κ1) is 22.9. The monoisotopic (exact) mass is 422 g/mol. The van der Waals surface area contributed by atoms with Crippen molar-refractivity contribution in [1.82, 2.24) is 4.98 Å². The Morgan fingerprint density at radius 3 is 2.40 bits per heavy atom. The Bertz CT molecular complexity index is 979. The molecule has 0 aliphatic carbocycles. The molecule has 6 nitrogen and oxygen atoms in total. The summed E-state index contributed by atoms with van der Waals surface area (Å²) in [6.07, 6.45) is -4.18. The van der Waals surface area contributed by atoms with Crippen LogP contribution in [-0.4, -0.2) is 27.8 Å². The van der Waals surface area contributed by atoms with E-state index in [1.165, 1.54) is 18.2 Å². The van der Waals surface area contributed by atoms with Crippen LogP contribution < -0.4 is 5.32 Å². The summed E-state index contributed by atoms with van der Waals surface area (Å²) < 4.78 is 46.5. The fourth-order valence-electron chi connectivity index (χ4n) is 2.69. The van der Waals surface area contributed by atoms with E-state index in [0.29, 0.717) is 11.6 Å². The van der Waals surface area contributed by atoms with Gasteiger partial charge in [0.05, 0.1) is 16.9 Å². The van der Waals surface area contributed by atoms with Gasteiger partial charge >= 0.3 is 18.2 Å². The average molecular weight is 422 g/mol. The van der Waals surface area contributed by atoms with Crippen LogP contribution in [0.25, 0.3) is 11.3 Å². The molecule has 2 aromatic rings. The maximum atomic E-state index is 13.8. The number of carboxylic acid groups (broad SMARTS) is 1. The number of nitrogens with zero attached hydrogens (tertiary/aromatic N) is 1. The lowest BCUT2D eigenvalue weighted by Crippen LogP contribution is -2.28. The van der Waals surface area contributed by atoms with Gasteiger partial charge in [-0.05, 0) is 38.8 Å². The number of amides is 1. The SMILES string of the molecule is C=CCc1ccccc1-c1nc(C(=O)O)c(NC(=O)OC(C)(C)C)cc1C(F)(F)F. The van der Waals surface area contributed by atoms with Crippen LogP contribution in [0.3, 0.4) is 0 Å². The van der Waals surface area contributed by atoms with Gasteiger partial charge in [0.2, 0.25) is 0 Å². The summed E-state index contributed by atoms with van der Waals surface area (Å²) in [4.78, 5) is 27.5. The molecule has 1 aromatic carbocycles. The molecule has 0 radical (unpaired) electrons. The second-order valence-corrected chi connectivity index (χ2v) is 7.36. The highest BCUT2D eigenvalue weighted by atomic mass is 19.4. The largest absolute Gasteiger partial charge is 0.476 e. The van der Waals surface area contributed by atoms with E-state index >= 15 is 0 Å². The number of aromatic carboxylic acids is 1. The number of halogens is 3. The van der Waals surface area contributed by atoms with Gasteiger partial charge in [0, 0.05) is 5.56 Å². The van der Waals surface area contributed by atoms with Gasteiger partial charge in [-0.25, -0.2) is 14.6 Å². The Morgan fingerprint density at radius 1 is 1.23 bits per heavy atom. The van der Waals surface area contributed by atoms with Gasteiger partial charge in [0.25, 0.3) is 0 Å². The third-order valence-electron chi connectivity index (χ3n) is 3.80. The van der Waals surface area contributed by atoms with E-state index in [4.69, 9.17) is 4.74 Å². The number of ether oxygens (including phenoxy) is 1. The second kappa shape index (κ2) is 8.56. The van der Waals surface area contributed by atoms with Gasteiger partial charge < -0.3 is 9.84 Å². The number of pyridine rings is 1. The predicted octanol–water partition coefficient (Wildman–Crippen LogP) is 5.54. The van der Waals surface area contributed by atoms with Gasteiger partial charge in [0.1, 0.15) is 5.60 Å². The van der Waals surface area contributed by atoms with Crippen molar-refractivity contribution in [3.05, 3.63) is 59.8 Å². The molecule has 0 bridgehead atoms. The molecule has 160 valence electrons. The van der Waals surface area contributed by atoms with Crippen LogP contribution >= 0.6 is 0 Å². The average Bonchev–Trinajstić information content (AvgIpc) is 2.59. The summed E-state index contributed by atoms with van der Waals surface area (Å²) >= 11 is 0. The van der Waals surface area contributed by atoms with E-state index in [2.05, 4.69) is 16.9 Å². The molecule has 0 saturated carbocycles. The molecular weight excluding hydrogens is 401 g/mol. The van der Waals surface area contributed by atoms with Crippen molar-refractivity contribution in [1.29, 1.82) is 0 Å². The number of rotatable bonds is 5. The predicted molar refractivity (Wildman–Crippen MR) is 105 cm³/mol. The van der Waals surface area contributed by atoms with E-state index in [-0.39, 0.29) is 12.0 Å². The molecule has 2 N–H and O–H groups in total. The molecule has 0 unspecified atom stereocenters. The number of carbonyl (C=O) groups excluding carboxylic acids is 1. The smallest absolute Gasteiger partial charge is 0.418 e. The Labute approximate surface area is 171 Å². The zero-order valence-corrected chi connectivity index (χ0v) is 16.6. The topological polar surface area (TPSA) is 88.5 Å². The van der Waals surface area contributed by atoms with Crippen LogP contribution in [0.15, 0.2) is 43.0 Å². The molecule has 1 amide bonds. The van der Waals surface area contributed by atoms with Crippen molar-refractivity contribution in [3.8, 4) is 11.3 Å². The van der Waals surface area contributed by atoms with E-state index in [1.807, 2.05) is 0 Å². The lowest BCUT2D eigenvalue weighted by molar-refractivity contribution is -0.137. The highest BCUT2D eigenvalue weighted by Crippen LogP contribution is 2.39. The zero-order chi connectivity index (χ0) is 22.7. The lowest BCUT2D eigenvalue weighted by atomic mass is 9.97. The minimum absolute atomic E-state index is 0.121. The van der Waals surface area contributed by atoms with Crippen LogP contribution in [-0.2, 0) is 17.3 Å². The first-order chi connectivity index (χ1) is 13.8. The van der Waals surface area contributed by atoms with E-state index in [0.717, 1.165) is 0 Å². The third-order valence-corrected chi connectivity index (χ3v) is 3.80. The molecule has 0 saturated heterocycles. The number of hydrogen-bond acceptors (Lipinski definition) is 4. The molecule has 2 rings (SSSR count). The van der Waals surface area contributed by atoms with E-state index < -0.39 is 46.5 Å². The number of nitrogens with one attached hydrogen (secondary N) is 1. The highest BCUT2D eigenvalue weighted by molar-refractivity contribution is 5.98. The highest BCUT2D eigenvalue weighted by Gasteiger charge is 2.37. The van der Waals surface area contributed by atoms with Crippen molar-refractivity contribution in [2.45, 2.75) is 39.0 Å². The Morgan fingerprint density at radius 2 is 1.87 bits per heavy atom. The molecule has 0 atom stereocenters. The number of carboxylic acids is 1. The fourth-order valence-corrected chi connectivity index (χ4v) is 2.69. The third kappa shape index (κ3) is 5.59. The summed E-state index contributed by atoms with van der Waals surface area (Å²) in [5.41, 5.74) is -3.41. The maximum Gasteiger partial charge on any atom is 0.418 e. The summed E-state index contributed by atoms with van der Waals surface area (Å²) in [6, 6.07) is 6.75. The van der Waals surface area contributed by atoms with Gasteiger partial charge in [0.15, 0.2) is 5.69 Å². The van der Waals surface area contributed by atoms with Crippen LogP contribution in [0, 0.1) is 0 Å². The van der Waals surface area contributed by atoms with Crippen LogP contribution in [0.5, 0.6) is 0 Å². The van der Waals surface area contributed by atoms with E-state index in [9.17, 15) is 27.9 Å². The normalized spacial score (nSPS) is 11.7.